The van der Waals surface area contributed by atoms with Crippen LogP contribution in [0.4, 0.5) is 0 Å². The van der Waals surface area contributed by atoms with E-state index in [2.05, 4.69) is 31.9 Å². The van der Waals surface area contributed by atoms with E-state index in [9.17, 15) is 0 Å². The highest BCUT2D eigenvalue weighted by Crippen LogP contribution is 2.30. The fourth-order valence-corrected chi connectivity index (χ4v) is 2.45. The van der Waals surface area contributed by atoms with Gasteiger partial charge in [-0.1, -0.05) is 18.2 Å². The number of para-hydroxylation sites is 1. The fraction of sp³-hybridized carbons (Fsp3) is 0.500. The lowest BCUT2D eigenvalue weighted by atomic mass is 10.2. The summed E-state index contributed by atoms with van der Waals surface area (Å²) in [7, 11) is 3.71. The average molecular weight is 470 g/mol. The number of benzene rings is 1. The highest BCUT2D eigenvalue weighted by Gasteiger charge is 2.22. The van der Waals surface area contributed by atoms with Crippen LogP contribution in [0, 0.1) is 12.8 Å². The minimum absolute atomic E-state index is 0. The van der Waals surface area contributed by atoms with Gasteiger partial charge in [-0.05, 0) is 31.7 Å². The normalized spacial score (nSPS) is 13.9. The van der Waals surface area contributed by atoms with E-state index in [1.54, 1.807) is 7.05 Å². The first-order chi connectivity index (χ1) is 12.2. The largest absolute Gasteiger partial charge is 0.493 e. The van der Waals surface area contributed by atoms with Crippen molar-refractivity contribution in [1.29, 1.82) is 0 Å². The Kier molecular flexibility index (Phi) is 7.67. The van der Waals surface area contributed by atoms with Gasteiger partial charge in [0.2, 0.25) is 0 Å². The highest BCUT2D eigenvalue weighted by molar-refractivity contribution is 14.0. The average Bonchev–Trinajstić information content (AvgIpc) is 3.41. The highest BCUT2D eigenvalue weighted by atomic mass is 127. The van der Waals surface area contributed by atoms with Crippen LogP contribution in [0.25, 0.3) is 0 Å². The summed E-state index contributed by atoms with van der Waals surface area (Å²) in [4.78, 5) is 4.26. The molecule has 8 heteroatoms. The van der Waals surface area contributed by atoms with E-state index in [1.165, 1.54) is 12.8 Å². The Morgan fingerprint density at radius 3 is 2.62 bits per heavy atom. The number of aromatic nitrogens is 3. The predicted molar refractivity (Wildman–Crippen MR) is 113 cm³/mol. The molecular weight excluding hydrogens is 443 g/mol. The maximum absolute atomic E-state index is 5.95. The first-order valence-electron chi connectivity index (χ1n) is 8.67. The van der Waals surface area contributed by atoms with Crippen LogP contribution in [-0.4, -0.2) is 34.4 Å². The molecule has 1 aliphatic carbocycles. The summed E-state index contributed by atoms with van der Waals surface area (Å²) in [6, 6.07) is 8.14. The lowest BCUT2D eigenvalue weighted by Crippen LogP contribution is -2.37. The molecule has 7 nitrogen and oxygen atoms in total. The van der Waals surface area contributed by atoms with Gasteiger partial charge in [-0.2, -0.15) is 0 Å². The third-order valence-corrected chi connectivity index (χ3v) is 4.41. The van der Waals surface area contributed by atoms with E-state index in [4.69, 9.17) is 4.74 Å². The molecule has 0 amide bonds. The maximum Gasteiger partial charge on any atom is 0.191 e. The second kappa shape index (κ2) is 9.75. The summed E-state index contributed by atoms with van der Waals surface area (Å²) in [5.41, 5.74) is 1.13. The molecule has 0 aliphatic heterocycles. The third kappa shape index (κ3) is 5.58. The molecule has 142 valence electrons. The summed E-state index contributed by atoms with van der Waals surface area (Å²) in [5, 5.41) is 14.8. The number of aryl methyl sites for hydroxylation is 1. The molecule has 0 unspecified atom stereocenters. The van der Waals surface area contributed by atoms with Crippen LogP contribution >= 0.6 is 24.0 Å². The second-order valence-electron chi connectivity index (χ2n) is 6.36. The molecule has 0 radical (unpaired) electrons. The lowest BCUT2D eigenvalue weighted by molar-refractivity contribution is 0.296. The minimum Gasteiger partial charge on any atom is -0.493 e. The van der Waals surface area contributed by atoms with Crippen LogP contribution in [-0.2, 0) is 20.1 Å². The van der Waals surface area contributed by atoms with E-state index in [1.807, 2.05) is 36.7 Å². The quantitative estimate of drug-likeness (QED) is 0.369. The molecule has 1 saturated carbocycles. The molecule has 1 aromatic heterocycles. The Labute approximate surface area is 171 Å². The number of halogens is 1. The molecule has 1 fully saturated rings. The van der Waals surface area contributed by atoms with Gasteiger partial charge in [-0.25, -0.2) is 0 Å². The van der Waals surface area contributed by atoms with Crippen molar-refractivity contribution in [2.45, 2.75) is 32.9 Å². The molecule has 0 atom stereocenters. The first-order valence-corrected chi connectivity index (χ1v) is 8.67. The number of rotatable bonds is 7. The van der Waals surface area contributed by atoms with Crippen molar-refractivity contribution in [3.8, 4) is 5.75 Å². The fourth-order valence-electron chi connectivity index (χ4n) is 2.45. The zero-order valence-electron chi connectivity index (χ0n) is 15.5. The Morgan fingerprint density at radius 1 is 1.23 bits per heavy atom. The van der Waals surface area contributed by atoms with Gasteiger partial charge in [0.1, 0.15) is 11.6 Å². The number of hydrogen-bond donors (Lipinski definition) is 2. The molecule has 0 saturated heterocycles. The van der Waals surface area contributed by atoms with Gasteiger partial charge in [0.25, 0.3) is 0 Å². The molecule has 26 heavy (non-hydrogen) atoms. The SMILES string of the molecule is CN=C(NCc1ccccc1OCC1CC1)NCc1nnc(C)n1C.I. The Bertz CT molecular complexity index is 741. The van der Waals surface area contributed by atoms with Gasteiger partial charge in [0.15, 0.2) is 11.8 Å². The summed E-state index contributed by atoms with van der Waals surface area (Å²) in [6.07, 6.45) is 2.58. The van der Waals surface area contributed by atoms with Gasteiger partial charge in [-0.15, -0.1) is 34.2 Å². The Hall–Kier alpha value is -1.84. The molecule has 3 rings (SSSR count). The van der Waals surface area contributed by atoms with E-state index < -0.39 is 0 Å². The van der Waals surface area contributed by atoms with E-state index in [0.717, 1.165) is 41.4 Å². The van der Waals surface area contributed by atoms with Gasteiger partial charge >= 0.3 is 0 Å². The topological polar surface area (TPSA) is 76.4 Å². The van der Waals surface area contributed by atoms with Gasteiger partial charge in [0, 0.05) is 26.2 Å². The number of ether oxygens (including phenoxy) is 1. The van der Waals surface area contributed by atoms with Crippen LogP contribution < -0.4 is 15.4 Å². The van der Waals surface area contributed by atoms with Crippen molar-refractivity contribution in [3.63, 3.8) is 0 Å². The van der Waals surface area contributed by atoms with Crippen molar-refractivity contribution in [3.05, 3.63) is 41.5 Å². The van der Waals surface area contributed by atoms with Crippen molar-refractivity contribution >= 4 is 29.9 Å². The van der Waals surface area contributed by atoms with Crippen LogP contribution in [0.3, 0.4) is 0 Å². The van der Waals surface area contributed by atoms with Crippen LogP contribution in [0.2, 0.25) is 0 Å². The number of aliphatic imine (C=N–C) groups is 1. The molecule has 1 aromatic carbocycles. The molecule has 2 aromatic rings. The van der Waals surface area contributed by atoms with Gasteiger partial charge in [0.05, 0.1) is 13.2 Å². The zero-order valence-corrected chi connectivity index (χ0v) is 17.9. The van der Waals surface area contributed by atoms with Crippen molar-refractivity contribution in [1.82, 2.24) is 25.4 Å². The number of hydrogen-bond acceptors (Lipinski definition) is 4. The van der Waals surface area contributed by atoms with Crippen LogP contribution in [0.1, 0.15) is 30.1 Å². The van der Waals surface area contributed by atoms with Crippen molar-refractivity contribution in [2.75, 3.05) is 13.7 Å². The predicted octanol–water partition coefficient (Wildman–Crippen LogP) is 2.40. The summed E-state index contributed by atoms with van der Waals surface area (Å²) in [6.45, 7) is 3.97. The number of guanidine groups is 1. The van der Waals surface area contributed by atoms with Crippen LogP contribution in [0.15, 0.2) is 29.3 Å². The van der Waals surface area contributed by atoms with Crippen molar-refractivity contribution < 1.29 is 4.74 Å². The molecular formula is C18H27IN6O. The Balaban J connectivity index is 0.00000243. The number of nitrogens with zero attached hydrogens (tertiary/aromatic N) is 4. The molecule has 1 heterocycles. The monoisotopic (exact) mass is 470 g/mol. The van der Waals surface area contributed by atoms with E-state index in [0.29, 0.717) is 13.1 Å². The van der Waals surface area contributed by atoms with E-state index >= 15 is 0 Å². The molecule has 2 N–H and O–H groups in total. The lowest BCUT2D eigenvalue weighted by Gasteiger charge is -2.14. The van der Waals surface area contributed by atoms with Gasteiger partial charge in [-0.3, -0.25) is 4.99 Å². The van der Waals surface area contributed by atoms with Crippen molar-refractivity contribution in [2.24, 2.45) is 18.0 Å². The standard InChI is InChI=1S/C18H26N6O.HI/c1-13-22-23-17(24(13)3)11-21-18(19-2)20-10-15-6-4-5-7-16(15)25-12-14-8-9-14;/h4-7,14H,8-12H2,1-3H3,(H2,19,20,21);1H. The van der Waals surface area contributed by atoms with E-state index in [-0.39, 0.29) is 24.0 Å². The Morgan fingerprint density at radius 2 is 1.96 bits per heavy atom. The smallest absolute Gasteiger partial charge is 0.191 e. The van der Waals surface area contributed by atoms with Crippen LogP contribution in [0.5, 0.6) is 5.75 Å². The summed E-state index contributed by atoms with van der Waals surface area (Å²) < 4.78 is 7.91. The zero-order chi connectivity index (χ0) is 17.6. The van der Waals surface area contributed by atoms with Gasteiger partial charge < -0.3 is 19.9 Å². The first kappa shape index (κ1) is 20.5. The summed E-state index contributed by atoms with van der Waals surface area (Å²) >= 11 is 0. The summed E-state index contributed by atoms with van der Waals surface area (Å²) in [5.74, 6) is 4.17. The molecule has 0 bridgehead atoms. The third-order valence-electron chi connectivity index (χ3n) is 4.41. The second-order valence-corrected chi connectivity index (χ2v) is 6.36. The maximum atomic E-state index is 5.95. The minimum atomic E-state index is 0. The number of nitrogens with one attached hydrogen (secondary N) is 2. The molecule has 1 aliphatic rings. The molecule has 0 spiro atoms.